The Morgan fingerprint density at radius 3 is 2.56 bits per heavy atom. The van der Waals surface area contributed by atoms with Gasteiger partial charge in [0.2, 0.25) is 0 Å². The number of aromatic carboxylic acids is 1. The molecule has 2 aromatic heterocycles. The molecule has 0 saturated heterocycles. The molecule has 0 radical (unpaired) electrons. The number of esters is 1. The Balaban J connectivity index is 1.60. The van der Waals surface area contributed by atoms with E-state index in [9.17, 15) is 19.5 Å². The van der Waals surface area contributed by atoms with Gasteiger partial charge in [0, 0.05) is 11.6 Å². The van der Waals surface area contributed by atoms with Crippen molar-refractivity contribution >= 4 is 41.0 Å². The Hall–Kier alpha value is -4.41. The zero-order valence-electron chi connectivity index (χ0n) is 22.3. The molecule has 0 amide bonds. The topological polar surface area (TPSA) is 120 Å². The van der Waals surface area contributed by atoms with Gasteiger partial charge in [-0.2, -0.15) is 0 Å². The summed E-state index contributed by atoms with van der Waals surface area (Å²) >= 11 is 7.17. The van der Waals surface area contributed by atoms with E-state index in [2.05, 4.69) is 4.99 Å². The second-order valence-electron chi connectivity index (χ2n) is 9.01. The molecule has 0 saturated carbocycles. The number of rotatable bonds is 8. The van der Waals surface area contributed by atoms with Crippen molar-refractivity contribution in [3.63, 3.8) is 0 Å². The van der Waals surface area contributed by atoms with Gasteiger partial charge in [0.1, 0.15) is 17.3 Å². The third kappa shape index (κ3) is 5.48. The van der Waals surface area contributed by atoms with Crippen LogP contribution in [0.2, 0.25) is 5.02 Å². The van der Waals surface area contributed by atoms with E-state index in [4.69, 9.17) is 25.5 Å². The molecule has 11 heteroatoms. The highest BCUT2D eigenvalue weighted by Gasteiger charge is 2.33. The number of carbonyl (C=O) groups is 2. The first kappa shape index (κ1) is 28.1. The molecular weight excluding hydrogens is 568 g/mol. The molecular formula is C30H25ClN2O7S. The maximum Gasteiger partial charge on any atom is 0.338 e. The van der Waals surface area contributed by atoms with Crippen molar-refractivity contribution in [3.8, 4) is 17.1 Å². The first-order chi connectivity index (χ1) is 19.7. The van der Waals surface area contributed by atoms with Crippen molar-refractivity contribution in [3.05, 3.63) is 107 Å². The average molecular weight is 593 g/mol. The normalized spacial score (nSPS) is 14.9. The first-order valence-corrected chi connectivity index (χ1v) is 14.0. The molecule has 0 spiro atoms. The number of fused-ring (bicyclic) bond motifs is 1. The van der Waals surface area contributed by atoms with E-state index >= 15 is 0 Å². The summed E-state index contributed by atoms with van der Waals surface area (Å²) in [6, 6.07) is 14.4. The SMILES string of the molecule is CCOC(=O)C1=C(C)N=c2s/c(=C\c3ccc(-c4ccc(Cl)c(C(=O)O)c4)o3)c(=O)n2[C@@H]1c1ccc(OCC)cc1. The first-order valence-electron chi connectivity index (χ1n) is 12.8. The quantitative estimate of drug-likeness (QED) is 0.292. The second-order valence-corrected chi connectivity index (χ2v) is 10.4. The number of thiazole rings is 1. The van der Waals surface area contributed by atoms with Crippen LogP contribution in [0.4, 0.5) is 0 Å². The van der Waals surface area contributed by atoms with Crippen LogP contribution in [0, 0.1) is 0 Å². The fraction of sp³-hybridized carbons (Fsp3) is 0.200. The summed E-state index contributed by atoms with van der Waals surface area (Å²) in [7, 11) is 0. The van der Waals surface area contributed by atoms with E-state index in [1.807, 2.05) is 19.1 Å². The van der Waals surface area contributed by atoms with Crippen LogP contribution >= 0.6 is 22.9 Å². The fourth-order valence-corrected chi connectivity index (χ4v) is 5.80. The van der Waals surface area contributed by atoms with Gasteiger partial charge >= 0.3 is 11.9 Å². The number of nitrogens with zero attached hydrogens (tertiary/aromatic N) is 2. The van der Waals surface area contributed by atoms with Crippen LogP contribution in [0.5, 0.6) is 5.75 Å². The fourth-order valence-electron chi connectivity index (χ4n) is 4.58. The summed E-state index contributed by atoms with van der Waals surface area (Å²) in [6.45, 7) is 6.02. The van der Waals surface area contributed by atoms with E-state index in [0.29, 0.717) is 50.0 Å². The molecule has 5 rings (SSSR count). The molecule has 1 aliphatic heterocycles. The van der Waals surface area contributed by atoms with Crippen LogP contribution in [-0.4, -0.2) is 34.8 Å². The minimum absolute atomic E-state index is 0.0440. The molecule has 41 heavy (non-hydrogen) atoms. The van der Waals surface area contributed by atoms with E-state index in [1.165, 1.54) is 28.0 Å². The van der Waals surface area contributed by atoms with Crippen LogP contribution < -0.4 is 19.6 Å². The number of carboxylic acid groups (broad SMARTS) is 1. The van der Waals surface area contributed by atoms with E-state index in [1.54, 1.807) is 50.3 Å². The number of ether oxygens (including phenoxy) is 2. The molecule has 3 heterocycles. The molecule has 0 unspecified atom stereocenters. The van der Waals surface area contributed by atoms with E-state index in [-0.39, 0.29) is 28.3 Å². The van der Waals surface area contributed by atoms with Gasteiger partial charge in [-0.3, -0.25) is 9.36 Å². The number of hydrogen-bond donors (Lipinski definition) is 1. The Labute approximate surface area is 243 Å². The largest absolute Gasteiger partial charge is 0.494 e. The molecule has 210 valence electrons. The highest BCUT2D eigenvalue weighted by Crippen LogP contribution is 2.32. The second kappa shape index (κ2) is 11.6. The number of aromatic nitrogens is 1. The van der Waals surface area contributed by atoms with Gasteiger partial charge < -0.3 is 19.0 Å². The van der Waals surface area contributed by atoms with E-state index < -0.39 is 18.0 Å². The summed E-state index contributed by atoms with van der Waals surface area (Å²) in [5, 5.41) is 9.51. The van der Waals surface area contributed by atoms with Gasteiger partial charge in [-0.15, -0.1) is 0 Å². The number of carboxylic acids is 1. The summed E-state index contributed by atoms with van der Waals surface area (Å²) in [5.74, 6) is -0.218. The van der Waals surface area contributed by atoms with Crippen molar-refractivity contribution in [1.29, 1.82) is 0 Å². The predicted octanol–water partition coefficient (Wildman–Crippen LogP) is 4.81. The molecule has 1 atom stereocenters. The molecule has 0 fully saturated rings. The van der Waals surface area contributed by atoms with Crippen LogP contribution in [0.25, 0.3) is 17.4 Å². The molecule has 2 aromatic carbocycles. The van der Waals surface area contributed by atoms with Gasteiger partial charge in [0.05, 0.1) is 45.6 Å². The lowest BCUT2D eigenvalue weighted by molar-refractivity contribution is -0.139. The van der Waals surface area contributed by atoms with Crippen molar-refractivity contribution < 1.29 is 28.6 Å². The van der Waals surface area contributed by atoms with Gasteiger partial charge in [0.15, 0.2) is 4.80 Å². The lowest BCUT2D eigenvalue weighted by atomic mass is 9.96. The third-order valence-corrected chi connectivity index (χ3v) is 7.72. The molecule has 0 aliphatic carbocycles. The van der Waals surface area contributed by atoms with E-state index in [0.717, 1.165) is 0 Å². The van der Waals surface area contributed by atoms with Crippen molar-refractivity contribution in [1.82, 2.24) is 4.57 Å². The molecule has 9 nitrogen and oxygen atoms in total. The minimum Gasteiger partial charge on any atom is -0.494 e. The summed E-state index contributed by atoms with van der Waals surface area (Å²) < 4.78 is 18.7. The zero-order valence-corrected chi connectivity index (χ0v) is 23.9. The third-order valence-electron chi connectivity index (χ3n) is 6.41. The van der Waals surface area contributed by atoms with Gasteiger partial charge in [0.25, 0.3) is 5.56 Å². The number of hydrogen-bond acceptors (Lipinski definition) is 8. The summed E-state index contributed by atoms with van der Waals surface area (Å²) in [5.41, 5.74) is 1.59. The molecule has 4 aromatic rings. The Kier molecular flexibility index (Phi) is 7.96. The number of carbonyl (C=O) groups excluding carboxylic acids is 1. The minimum atomic E-state index is -1.15. The lowest BCUT2D eigenvalue weighted by Gasteiger charge is -2.24. The van der Waals surface area contributed by atoms with Crippen LogP contribution in [0.1, 0.15) is 48.5 Å². The highest BCUT2D eigenvalue weighted by atomic mass is 35.5. The van der Waals surface area contributed by atoms with Crippen LogP contribution in [-0.2, 0) is 9.53 Å². The lowest BCUT2D eigenvalue weighted by Crippen LogP contribution is -2.39. The van der Waals surface area contributed by atoms with Gasteiger partial charge in [-0.1, -0.05) is 35.1 Å². The highest BCUT2D eigenvalue weighted by molar-refractivity contribution is 7.07. The van der Waals surface area contributed by atoms with Crippen molar-refractivity contribution in [2.75, 3.05) is 13.2 Å². The Morgan fingerprint density at radius 1 is 1.12 bits per heavy atom. The van der Waals surface area contributed by atoms with Crippen molar-refractivity contribution in [2.45, 2.75) is 26.8 Å². The summed E-state index contributed by atoms with van der Waals surface area (Å²) in [4.78, 5) is 43.4. The summed E-state index contributed by atoms with van der Waals surface area (Å²) in [6.07, 6.45) is 1.60. The Bertz CT molecular complexity index is 1870. The maximum absolute atomic E-state index is 13.8. The Morgan fingerprint density at radius 2 is 1.88 bits per heavy atom. The van der Waals surface area contributed by atoms with Gasteiger partial charge in [-0.05, 0) is 68.8 Å². The molecule has 1 aliphatic rings. The van der Waals surface area contributed by atoms with Gasteiger partial charge in [-0.25, -0.2) is 14.6 Å². The monoisotopic (exact) mass is 592 g/mol. The predicted molar refractivity (Wildman–Crippen MR) is 154 cm³/mol. The molecule has 0 bridgehead atoms. The number of halogens is 1. The number of benzene rings is 2. The standard InChI is InChI=1S/C30H25ClN2O7S/c1-4-38-19-9-6-17(7-10-19)26-25(29(37)39-5-2)16(3)32-30-33(26)27(34)24(41-30)15-20-11-13-23(40-20)18-8-12-22(31)21(14-18)28(35)36/h6-15,26H,4-5H2,1-3H3,(H,35,36)/b24-15-/t26-/m1/s1. The average Bonchev–Trinajstić information content (AvgIpc) is 3.53. The number of allylic oxidation sites excluding steroid dienone is 1. The van der Waals surface area contributed by atoms with Crippen molar-refractivity contribution in [2.24, 2.45) is 4.99 Å². The smallest absolute Gasteiger partial charge is 0.338 e. The zero-order chi connectivity index (χ0) is 29.3. The van der Waals surface area contributed by atoms with Crippen LogP contribution in [0.3, 0.4) is 0 Å². The maximum atomic E-state index is 13.8. The van der Waals surface area contributed by atoms with Crippen LogP contribution in [0.15, 0.2) is 80.1 Å². The molecule has 1 N–H and O–H groups in total. The number of furan rings is 1.